The molecule has 0 unspecified atom stereocenters. The van der Waals surface area contributed by atoms with Gasteiger partial charge in [-0.2, -0.15) is 0 Å². The Kier molecular flexibility index (Phi) is 2.21. The molecule has 0 aliphatic heterocycles. The predicted molar refractivity (Wildman–Crippen MR) is 92.4 cm³/mol. The summed E-state index contributed by atoms with van der Waals surface area (Å²) in [4.78, 5) is 0. The summed E-state index contributed by atoms with van der Waals surface area (Å²) < 4.78 is 5.83. The molecule has 0 bridgehead atoms. The Morgan fingerprint density at radius 2 is 1.41 bits per heavy atom. The maximum Gasteiger partial charge on any atom is 0.135 e. The molecule has 0 amide bonds. The van der Waals surface area contributed by atoms with Crippen LogP contribution in [-0.4, -0.2) is 7.11 Å². The minimum absolute atomic E-state index is 0.983. The van der Waals surface area contributed by atoms with Crippen LogP contribution >= 0.6 is 0 Å². The van der Waals surface area contributed by atoms with Crippen LogP contribution in [-0.2, 0) is 0 Å². The van der Waals surface area contributed by atoms with Crippen molar-refractivity contribution in [1.29, 1.82) is 0 Å². The van der Waals surface area contributed by atoms with Gasteiger partial charge in [0.25, 0.3) is 0 Å². The summed E-state index contributed by atoms with van der Waals surface area (Å²) in [5.74, 6) is 0.983. The molecule has 0 aromatic heterocycles. The summed E-state index contributed by atoms with van der Waals surface area (Å²) in [6, 6.07) is 23.8. The molecular formula is C21H14O. The fourth-order valence-corrected chi connectivity index (χ4v) is 3.78. The maximum absolute atomic E-state index is 5.83. The number of fused-ring (bicyclic) bond motifs is 4. The van der Waals surface area contributed by atoms with Crippen molar-refractivity contribution in [1.82, 2.24) is 0 Å². The molecule has 0 saturated heterocycles. The normalized spacial score (nSPS) is 11.9. The van der Waals surface area contributed by atoms with Crippen LogP contribution in [0.1, 0.15) is 0 Å². The van der Waals surface area contributed by atoms with Gasteiger partial charge >= 0.3 is 0 Å². The average molecular weight is 282 g/mol. The molecule has 22 heavy (non-hydrogen) atoms. The van der Waals surface area contributed by atoms with Crippen molar-refractivity contribution in [3.8, 4) is 28.0 Å². The van der Waals surface area contributed by atoms with E-state index >= 15 is 0 Å². The summed E-state index contributed by atoms with van der Waals surface area (Å²) in [6.45, 7) is 0. The molecule has 0 spiro atoms. The Hall–Kier alpha value is -2.80. The van der Waals surface area contributed by atoms with Crippen LogP contribution in [0.2, 0.25) is 0 Å². The van der Waals surface area contributed by atoms with E-state index in [1.165, 1.54) is 43.8 Å². The van der Waals surface area contributed by atoms with Crippen molar-refractivity contribution < 1.29 is 4.74 Å². The molecule has 0 N–H and O–H groups in total. The van der Waals surface area contributed by atoms with Gasteiger partial charge in [-0.15, -0.1) is 0 Å². The fraction of sp³-hybridized carbons (Fsp3) is 0.0476. The van der Waals surface area contributed by atoms with E-state index in [2.05, 4.69) is 66.7 Å². The summed E-state index contributed by atoms with van der Waals surface area (Å²) >= 11 is 0. The second-order valence-electron chi connectivity index (χ2n) is 5.76. The van der Waals surface area contributed by atoms with E-state index in [-0.39, 0.29) is 0 Å². The smallest absolute Gasteiger partial charge is 0.135 e. The summed E-state index contributed by atoms with van der Waals surface area (Å²) in [5.41, 5.74) is 5.10. The largest absolute Gasteiger partial charge is 0.495 e. The predicted octanol–water partition coefficient (Wildman–Crippen LogP) is 5.65. The molecule has 5 rings (SSSR count). The number of benzene rings is 4. The van der Waals surface area contributed by atoms with Crippen molar-refractivity contribution in [2.24, 2.45) is 0 Å². The topological polar surface area (TPSA) is 9.23 Å². The number of hydrogen-bond acceptors (Lipinski definition) is 1. The molecule has 1 heteroatoms. The van der Waals surface area contributed by atoms with Crippen molar-refractivity contribution in [2.45, 2.75) is 0 Å². The van der Waals surface area contributed by atoms with Gasteiger partial charge in [0.2, 0.25) is 0 Å². The van der Waals surface area contributed by atoms with E-state index in [4.69, 9.17) is 4.74 Å². The van der Waals surface area contributed by atoms with Crippen LogP contribution in [0.15, 0.2) is 66.7 Å². The van der Waals surface area contributed by atoms with Gasteiger partial charge in [-0.25, -0.2) is 0 Å². The Morgan fingerprint density at radius 3 is 2.23 bits per heavy atom. The molecule has 1 aliphatic carbocycles. The lowest BCUT2D eigenvalue weighted by molar-refractivity contribution is 0.421. The molecule has 104 valence electrons. The van der Waals surface area contributed by atoms with Gasteiger partial charge in [-0.1, -0.05) is 60.7 Å². The molecular weight excluding hydrogens is 268 g/mol. The second kappa shape index (κ2) is 4.11. The lowest BCUT2D eigenvalue weighted by atomic mass is 9.97. The van der Waals surface area contributed by atoms with Gasteiger partial charge in [0.1, 0.15) is 5.75 Å². The lowest BCUT2D eigenvalue weighted by Gasteiger charge is -2.12. The molecule has 1 aliphatic rings. The van der Waals surface area contributed by atoms with Crippen LogP contribution in [0.25, 0.3) is 43.8 Å². The highest BCUT2D eigenvalue weighted by Crippen LogP contribution is 2.53. The third kappa shape index (κ3) is 1.33. The fourth-order valence-electron chi connectivity index (χ4n) is 3.78. The molecule has 1 nitrogen and oxygen atoms in total. The molecule has 0 atom stereocenters. The van der Waals surface area contributed by atoms with Crippen LogP contribution < -0.4 is 4.74 Å². The van der Waals surface area contributed by atoms with Gasteiger partial charge in [0, 0.05) is 10.9 Å². The van der Waals surface area contributed by atoms with Crippen LogP contribution in [0, 0.1) is 0 Å². The number of ether oxygens (including phenoxy) is 1. The number of methoxy groups -OCH3 is 1. The van der Waals surface area contributed by atoms with Crippen molar-refractivity contribution in [3.63, 3.8) is 0 Å². The summed E-state index contributed by atoms with van der Waals surface area (Å²) in [7, 11) is 1.77. The Morgan fingerprint density at radius 1 is 0.682 bits per heavy atom. The van der Waals surface area contributed by atoms with Crippen LogP contribution in [0.4, 0.5) is 0 Å². The minimum Gasteiger partial charge on any atom is -0.495 e. The van der Waals surface area contributed by atoms with Gasteiger partial charge in [0.05, 0.1) is 7.11 Å². The van der Waals surface area contributed by atoms with E-state index in [9.17, 15) is 0 Å². The highest BCUT2D eigenvalue weighted by molar-refractivity contribution is 6.19. The van der Waals surface area contributed by atoms with Gasteiger partial charge < -0.3 is 4.74 Å². The molecule has 0 saturated carbocycles. The summed E-state index contributed by atoms with van der Waals surface area (Å²) in [5, 5.41) is 5.03. The van der Waals surface area contributed by atoms with E-state index in [0.29, 0.717) is 0 Å². The Labute approximate surface area is 128 Å². The van der Waals surface area contributed by atoms with E-state index in [1.54, 1.807) is 7.11 Å². The first-order valence-corrected chi connectivity index (χ1v) is 7.51. The van der Waals surface area contributed by atoms with Crippen molar-refractivity contribution in [3.05, 3.63) is 66.7 Å². The summed E-state index contributed by atoms with van der Waals surface area (Å²) in [6.07, 6.45) is 0. The standard InChI is InChI=1S/C21H14O/c1-22-21-15-9-3-2-6-14(15)12-18-16-10-4-7-13-8-5-11-17(19(13)16)20(18)21/h2-12H,1H3. The van der Waals surface area contributed by atoms with Gasteiger partial charge in [0.15, 0.2) is 0 Å². The zero-order chi connectivity index (χ0) is 14.7. The average Bonchev–Trinajstić information content (AvgIpc) is 2.89. The Balaban J connectivity index is 2.05. The Bertz CT molecular complexity index is 1050. The first kappa shape index (κ1) is 11.8. The maximum atomic E-state index is 5.83. The van der Waals surface area contributed by atoms with Crippen molar-refractivity contribution >= 4 is 21.5 Å². The third-order valence-corrected chi connectivity index (χ3v) is 4.67. The molecule has 4 aromatic rings. The second-order valence-corrected chi connectivity index (χ2v) is 5.76. The molecule has 0 heterocycles. The first-order chi connectivity index (χ1) is 10.9. The van der Waals surface area contributed by atoms with Gasteiger partial charge in [-0.05, 0) is 38.9 Å². The number of hydrogen-bond donors (Lipinski definition) is 0. The highest BCUT2D eigenvalue weighted by Gasteiger charge is 2.25. The SMILES string of the molecule is COc1c2c(cc3ccccc13)-c1cccc3cccc-2c13. The third-order valence-electron chi connectivity index (χ3n) is 4.67. The minimum atomic E-state index is 0.983. The number of rotatable bonds is 1. The van der Waals surface area contributed by atoms with E-state index < -0.39 is 0 Å². The quantitative estimate of drug-likeness (QED) is 0.386. The lowest BCUT2D eigenvalue weighted by Crippen LogP contribution is -1.90. The highest BCUT2D eigenvalue weighted by atomic mass is 16.5. The van der Waals surface area contributed by atoms with Gasteiger partial charge in [-0.3, -0.25) is 0 Å². The zero-order valence-corrected chi connectivity index (χ0v) is 12.3. The first-order valence-electron chi connectivity index (χ1n) is 7.51. The zero-order valence-electron chi connectivity index (χ0n) is 12.3. The molecule has 4 aromatic carbocycles. The molecule has 0 radical (unpaired) electrons. The van der Waals surface area contributed by atoms with E-state index in [0.717, 1.165) is 5.75 Å². The van der Waals surface area contributed by atoms with Crippen molar-refractivity contribution in [2.75, 3.05) is 7.11 Å². The van der Waals surface area contributed by atoms with Crippen LogP contribution in [0.3, 0.4) is 0 Å². The van der Waals surface area contributed by atoms with E-state index in [1.807, 2.05) is 0 Å². The molecule has 0 fully saturated rings. The van der Waals surface area contributed by atoms with Crippen LogP contribution in [0.5, 0.6) is 5.75 Å². The monoisotopic (exact) mass is 282 g/mol.